The molecule has 0 radical (unpaired) electrons. The summed E-state index contributed by atoms with van der Waals surface area (Å²) in [5.74, 6) is -0.137. The van der Waals surface area contributed by atoms with Gasteiger partial charge in [0.1, 0.15) is 13.2 Å². The molecule has 462 valence electrons. The van der Waals surface area contributed by atoms with Gasteiger partial charge in [-0.2, -0.15) is 0 Å². The predicted molar refractivity (Wildman–Crippen MR) is 341 cm³/mol. The normalized spacial score (nSPS) is 13.9. The SMILES string of the molecule is CCCCCCC/C=C\C/C=C\C/C=C\CCCCCCCCCCCCCCCCCCCCCCCCCCCCC(=O)NC(COP(=O)(O)OCC[N+](C)(C)C)C(O)CCCCCCCCCCCCCCCCC. The average Bonchev–Trinajstić information content (AvgIpc) is 3.41. The first-order chi connectivity index (χ1) is 38.0. The van der Waals surface area contributed by atoms with Gasteiger partial charge in [0.25, 0.3) is 0 Å². The van der Waals surface area contributed by atoms with Gasteiger partial charge in [0.15, 0.2) is 0 Å². The lowest BCUT2D eigenvalue weighted by Gasteiger charge is -2.26. The van der Waals surface area contributed by atoms with E-state index >= 15 is 0 Å². The molecule has 0 aliphatic rings. The zero-order valence-corrected chi connectivity index (χ0v) is 53.8. The zero-order valence-electron chi connectivity index (χ0n) is 52.9. The van der Waals surface area contributed by atoms with Gasteiger partial charge >= 0.3 is 7.82 Å². The Kier molecular flexibility index (Phi) is 59.3. The molecule has 0 fully saturated rings. The molecule has 9 heteroatoms. The summed E-state index contributed by atoms with van der Waals surface area (Å²) in [6, 6.07) is -0.758. The minimum absolute atomic E-state index is 0.0773. The van der Waals surface area contributed by atoms with Crippen LogP contribution in [0.1, 0.15) is 348 Å². The monoisotopic (exact) mass is 1120 g/mol. The maximum Gasteiger partial charge on any atom is 0.472 e. The summed E-state index contributed by atoms with van der Waals surface area (Å²) >= 11 is 0. The summed E-state index contributed by atoms with van der Waals surface area (Å²) in [6.07, 6.45) is 79.7. The molecule has 8 nitrogen and oxygen atoms in total. The minimum atomic E-state index is -4.32. The number of aliphatic hydroxyl groups excluding tert-OH is 1. The third-order valence-electron chi connectivity index (χ3n) is 15.9. The summed E-state index contributed by atoms with van der Waals surface area (Å²) < 4.78 is 23.8. The number of carbonyl (C=O) groups is 1. The lowest BCUT2D eigenvalue weighted by atomic mass is 10.0. The van der Waals surface area contributed by atoms with Crippen molar-refractivity contribution in [2.24, 2.45) is 0 Å². The molecule has 3 unspecified atom stereocenters. The molecule has 0 aromatic rings. The van der Waals surface area contributed by atoms with Gasteiger partial charge in [-0.3, -0.25) is 13.8 Å². The first-order valence-electron chi connectivity index (χ1n) is 34.4. The van der Waals surface area contributed by atoms with Gasteiger partial charge in [-0.25, -0.2) is 4.57 Å². The lowest BCUT2D eigenvalue weighted by Crippen LogP contribution is -2.46. The number of allylic oxidation sites excluding steroid dienone is 6. The Morgan fingerprint density at radius 3 is 1.06 bits per heavy atom. The van der Waals surface area contributed by atoms with Crippen LogP contribution in [0.3, 0.4) is 0 Å². The maximum absolute atomic E-state index is 13.0. The molecular weight excluding hydrogens is 984 g/mol. The fourth-order valence-corrected chi connectivity index (χ4v) is 11.3. The highest BCUT2D eigenvalue weighted by molar-refractivity contribution is 7.47. The van der Waals surface area contributed by atoms with Crippen LogP contribution in [0.25, 0.3) is 0 Å². The van der Waals surface area contributed by atoms with Crippen molar-refractivity contribution < 1.29 is 32.9 Å². The largest absolute Gasteiger partial charge is 0.472 e. The summed E-state index contributed by atoms with van der Waals surface area (Å²) in [7, 11) is 1.63. The molecule has 0 aromatic heterocycles. The van der Waals surface area contributed by atoms with Gasteiger partial charge in [0.2, 0.25) is 5.91 Å². The average molecular weight is 1120 g/mol. The van der Waals surface area contributed by atoms with Crippen LogP contribution in [0.15, 0.2) is 36.5 Å². The number of carbonyl (C=O) groups excluding carboxylic acids is 1. The zero-order chi connectivity index (χ0) is 57.0. The number of unbranched alkanes of at least 4 members (excludes halogenated alkanes) is 45. The number of quaternary nitrogens is 1. The number of hydrogen-bond acceptors (Lipinski definition) is 5. The van der Waals surface area contributed by atoms with Gasteiger partial charge in [0.05, 0.1) is 39.9 Å². The number of amides is 1. The molecule has 0 heterocycles. The van der Waals surface area contributed by atoms with E-state index in [9.17, 15) is 19.4 Å². The van der Waals surface area contributed by atoms with E-state index in [1.54, 1.807) is 0 Å². The molecule has 1 amide bonds. The van der Waals surface area contributed by atoms with E-state index in [1.807, 2.05) is 21.1 Å². The topological polar surface area (TPSA) is 105 Å². The first-order valence-corrected chi connectivity index (χ1v) is 35.8. The highest BCUT2D eigenvalue weighted by atomic mass is 31.2. The fourth-order valence-electron chi connectivity index (χ4n) is 10.5. The number of rotatable bonds is 64. The predicted octanol–water partition coefficient (Wildman–Crippen LogP) is 21.7. The molecule has 78 heavy (non-hydrogen) atoms. The highest BCUT2D eigenvalue weighted by Gasteiger charge is 2.28. The van der Waals surface area contributed by atoms with E-state index in [-0.39, 0.29) is 19.1 Å². The maximum atomic E-state index is 13.0. The first kappa shape index (κ1) is 76.7. The van der Waals surface area contributed by atoms with Crippen LogP contribution in [0.4, 0.5) is 0 Å². The fraction of sp³-hybridized carbons (Fsp3) is 0.899. The van der Waals surface area contributed by atoms with Crippen LogP contribution in [-0.2, 0) is 18.4 Å². The third-order valence-corrected chi connectivity index (χ3v) is 16.9. The smallest absolute Gasteiger partial charge is 0.391 e. The van der Waals surface area contributed by atoms with Crippen molar-refractivity contribution in [2.45, 2.75) is 360 Å². The van der Waals surface area contributed by atoms with Crippen molar-refractivity contribution in [3.05, 3.63) is 36.5 Å². The molecule has 0 saturated heterocycles. The van der Waals surface area contributed by atoms with Crippen LogP contribution >= 0.6 is 7.82 Å². The standard InChI is InChI=1S/C69H135N2O6P/c1-6-8-10-12-14-16-18-20-22-23-24-25-26-27-28-29-30-31-32-33-34-35-36-37-38-39-40-41-42-43-44-45-46-47-49-51-53-55-57-59-61-63-69(73)70-67(66-77-78(74,75)76-65-64-71(3,4)5)68(72)62-60-58-56-54-52-50-48-21-19-17-15-13-11-9-7-2/h18,20,23-24,26-27,67-68,72H,6-17,19,21-22,25,28-66H2,1-5H3,(H-,70,73,74,75)/p+1/b20-18-,24-23-,27-26-. The number of hydrogen-bond donors (Lipinski definition) is 3. The van der Waals surface area contributed by atoms with Crippen LogP contribution in [-0.4, -0.2) is 73.4 Å². The van der Waals surface area contributed by atoms with Gasteiger partial charge < -0.3 is 19.8 Å². The molecule has 0 aliphatic carbocycles. The number of nitrogens with one attached hydrogen (secondary N) is 1. The second-order valence-corrected chi connectivity index (χ2v) is 26.4. The lowest BCUT2D eigenvalue weighted by molar-refractivity contribution is -0.870. The summed E-state index contributed by atoms with van der Waals surface area (Å²) in [6.45, 7) is 4.92. The summed E-state index contributed by atoms with van der Waals surface area (Å²) in [5, 5.41) is 14.1. The molecule has 0 aliphatic heterocycles. The van der Waals surface area contributed by atoms with E-state index in [0.29, 0.717) is 23.9 Å². The Bertz CT molecular complexity index is 1360. The van der Waals surface area contributed by atoms with Gasteiger partial charge in [0, 0.05) is 6.42 Å². The Labute approximate surface area is 487 Å². The summed E-state index contributed by atoms with van der Waals surface area (Å²) in [5.41, 5.74) is 0. The van der Waals surface area contributed by atoms with Crippen LogP contribution in [0, 0.1) is 0 Å². The van der Waals surface area contributed by atoms with E-state index in [0.717, 1.165) is 51.4 Å². The van der Waals surface area contributed by atoms with Crippen molar-refractivity contribution >= 4 is 13.7 Å². The summed E-state index contributed by atoms with van der Waals surface area (Å²) in [4.78, 5) is 23.4. The molecule has 0 bridgehead atoms. The molecule has 0 saturated carbocycles. The Balaban J connectivity index is 3.84. The molecule has 0 spiro atoms. The van der Waals surface area contributed by atoms with Crippen molar-refractivity contribution in [2.75, 3.05) is 40.9 Å². The number of phosphoric acid groups is 1. The Hall–Kier alpha value is -1.28. The van der Waals surface area contributed by atoms with E-state index in [2.05, 4.69) is 55.6 Å². The van der Waals surface area contributed by atoms with Crippen molar-refractivity contribution in [3.8, 4) is 0 Å². The Morgan fingerprint density at radius 1 is 0.436 bits per heavy atom. The van der Waals surface area contributed by atoms with E-state index < -0.39 is 20.0 Å². The van der Waals surface area contributed by atoms with Crippen LogP contribution < -0.4 is 5.32 Å². The van der Waals surface area contributed by atoms with Gasteiger partial charge in [-0.15, -0.1) is 0 Å². The van der Waals surface area contributed by atoms with Gasteiger partial charge in [-0.05, 0) is 51.4 Å². The molecule has 3 N–H and O–H groups in total. The quantitative estimate of drug-likeness (QED) is 0.0243. The number of phosphoric ester groups is 1. The third kappa shape index (κ3) is 62.3. The molecule has 3 atom stereocenters. The Morgan fingerprint density at radius 2 is 0.731 bits per heavy atom. The molecule has 0 aromatic carbocycles. The van der Waals surface area contributed by atoms with E-state index in [4.69, 9.17) is 9.05 Å². The van der Waals surface area contributed by atoms with Crippen molar-refractivity contribution in [1.29, 1.82) is 0 Å². The van der Waals surface area contributed by atoms with Crippen molar-refractivity contribution in [3.63, 3.8) is 0 Å². The number of aliphatic hydroxyl groups is 1. The van der Waals surface area contributed by atoms with Crippen molar-refractivity contribution in [1.82, 2.24) is 5.32 Å². The number of nitrogens with zero attached hydrogens (tertiary/aromatic N) is 1. The van der Waals surface area contributed by atoms with Crippen LogP contribution in [0.2, 0.25) is 0 Å². The van der Waals surface area contributed by atoms with Crippen LogP contribution in [0.5, 0.6) is 0 Å². The minimum Gasteiger partial charge on any atom is -0.391 e. The highest BCUT2D eigenvalue weighted by Crippen LogP contribution is 2.43. The molecule has 0 rings (SSSR count). The number of likely N-dealkylation sites (N-methyl/N-ethyl adjacent to an activating group) is 1. The van der Waals surface area contributed by atoms with E-state index in [1.165, 1.54) is 270 Å². The second-order valence-electron chi connectivity index (χ2n) is 24.9. The molecular formula is C69H136N2O6P+. The van der Waals surface area contributed by atoms with Gasteiger partial charge in [-0.1, -0.05) is 326 Å². The second kappa shape index (κ2) is 60.3.